The van der Waals surface area contributed by atoms with E-state index in [1.165, 1.54) is 0 Å². The molecular formula is C14H19NO3. The lowest BCUT2D eigenvalue weighted by molar-refractivity contribution is -0.0324. The average Bonchev–Trinajstić information content (AvgIpc) is 2.39. The van der Waals surface area contributed by atoms with Crippen molar-refractivity contribution in [3.8, 4) is 0 Å². The predicted octanol–water partition coefficient (Wildman–Crippen LogP) is 2.00. The van der Waals surface area contributed by atoms with Crippen molar-refractivity contribution in [2.75, 3.05) is 19.7 Å². The molecule has 1 heterocycles. The molecule has 1 aromatic rings. The van der Waals surface area contributed by atoms with Gasteiger partial charge in [0.25, 0.3) is 0 Å². The lowest BCUT2D eigenvalue weighted by atomic mass is 10.1. The molecule has 0 bridgehead atoms. The van der Waals surface area contributed by atoms with Crippen molar-refractivity contribution in [1.29, 1.82) is 0 Å². The topological polar surface area (TPSA) is 49.8 Å². The molecular weight excluding hydrogens is 230 g/mol. The number of rotatable bonds is 4. The smallest absolute Gasteiger partial charge is 0.335 e. The Morgan fingerprint density at radius 2 is 2.17 bits per heavy atom. The van der Waals surface area contributed by atoms with E-state index in [-0.39, 0.29) is 0 Å². The fourth-order valence-electron chi connectivity index (χ4n) is 2.18. The Kier molecular flexibility index (Phi) is 4.33. The summed E-state index contributed by atoms with van der Waals surface area (Å²) >= 11 is 0. The second-order valence-electron chi connectivity index (χ2n) is 4.64. The molecule has 2 rings (SSSR count). The van der Waals surface area contributed by atoms with E-state index in [0.717, 1.165) is 38.2 Å². The minimum absolute atomic E-state index is 0.331. The van der Waals surface area contributed by atoms with Gasteiger partial charge in [0.15, 0.2) is 0 Å². The quantitative estimate of drug-likeness (QED) is 0.886. The average molecular weight is 249 g/mol. The molecule has 1 aliphatic rings. The zero-order valence-electron chi connectivity index (χ0n) is 10.6. The Bertz CT molecular complexity index is 402. The molecule has 0 radical (unpaired) electrons. The third-order valence-corrected chi connectivity index (χ3v) is 3.29. The maximum atomic E-state index is 10.8. The summed E-state index contributed by atoms with van der Waals surface area (Å²) in [5.41, 5.74) is 1.49. The highest BCUT2D eigenvalue weighted by Crippen LogP contribution is 2.13. The largest absolute Gasteiger partial charge is 0.478 e. The van der Waals surface area contributed by atoms with Gasteiger partial charge in [0, 0.05) is 19.6 Å². The second-order valence-corrected chi connectivity index (χ2v) is 4.64. The summed E-state index contributed by atoms with van der Waals surface area (Å²) in [6.07, 6.45) is 1.37. The van der Waals surface area contributed by atoms with Gasteiger partial charge in [0.1, 0.15) is 0 Å². The van der Waals surface area contributed by atoms with Gasteiger partial charge in [0.05, 0.1) is 18.3 Å². The van der Waals surface area contributed by atoms with Crippen LogP contribution in [0.25, 0.3) is 0 Å². The first kappa shape index (κ1) is 13.1. The van der Waals surface area contributed by atoms with E-state index in [1.807, 2.05) is 12.1 Å². The highest BCUT2D eigenvalue weighted by Gasteiger charge is 2.18. The number of carboxylic acid groups (broad SMARTS) is 1. The van der Waals surface area contributed by atoms with Crippen LogP contribution in [-0.4, -0.2) is 41.8 Å². The number of carboxylic acids is 1. The molecule has 1 fully saturated rings. The van der Waals surface area contributed by atoms with Gasteiger partial charge in [-0.1, -0.05) is 19.1 Å². The standard InChI is InChI=1S/C14H19NO3/c1-2-13-10-15(7-8-18-13)9-11-3-5-12(6-4-11)14(16)17/h3-6,13H,2,7-10H2,1H3,(H,16,17). The molecule has 4 nitrogen and oxygen atoms in total. The van der Waals surface area contributed by atoms with Crippen LogP contribution in [0.3, 0.4) is 0 Å². The van der Waals surface area contributed by atoms with E-state index in [1.54, 1.807) is 12.1 Å². The molecule has 0 spiro atoms. The number of benzene rings is 1. The third kappa shape index (κ3) is 3.31. The highest BCUT2D eigenvalue weighted by atomic mass is 16.5. The summed E-state index contributed by atoms with van der Waals surface area (Å²) in [6, 6.07) is 7.10. The lowest BCUT2D eigenvalue weighted by Crippen LogP contribution is -2.41. The normalized spacial score (nSPS) is 20.8. The Morgan fingerprint density at radius 3 is 2.78 bits per heavy atom. The van der Waals surface area contributed by atoms with E-state index in [2.05, 4.69) is 11.8 Å². The number of hydrogen-bond donors (Lipinski definition) is 1. The predicted molar refractivity (Wildman–Crippen MR) is 68.7 cm³/mol. The maximum absolute atomic E-state index is 10.8. The van der Waals surface area contributed by atoms with Crippen molar-refractivity contribution in [1.82, 2.24) is 4.90 Å². The minimum Gasteiger partial charge on any atom is -0.478 e. The molecule has 0 aromatic heterocycles. The summed E-state index contributed by atoms with van der Waals surface area (Å²) < 4.78 is 5.63. The molecule has 1 aromatic carbocycles. The van der Waals surface area contributed by atoms with Crippen molar-refractivity contribution in [3.05, 3.63) is 35.4 Å². The van der Waals surface area contributed by atoms with Crippen LogP contribution < -0.4 is 0 Å². The molecule has 1 unspecified atom stereocenters. The van der Waals surface area contributed by atoms with Gasteiger partial charge < -0.3 is 9.84 Å². The Balaban J connectivity index is 1.94. The van der Waals surface area contributed by atoms with Crippen molar-refractivity contribution < 1.29 is 14.6 Å². The Hall–Kier alpha value is -1.39. The lowest BCUT2D eigenvalue weighted by Gasteiger charge is -2.32. The third-order valence-electron chi connectivity index (χ3n) is 3.29. The summed E-state index contributed by atoms with van der Waals surface area (Å²) in [6.45, 7) is 5.68. The zero-order chi connectivity index (χ0) is 13.0. The number of hydrogen-bond acceptors (Lipinski definition) is 3. The van der Waals surface area contributed by atoms with E-state index in [4.69, 9.17) is 9.84 Å². The number of morpholine rings is 1. The fourth-order valence-corrected chi connectivity index (χ4v) is 2.18. The molecule has 18 heavy (non-hydrogen) atoms. The van der Waals surface area contributed by atoms with Gasteiger partial charge in [-0.25, -0.2) is 4.79 Å². The Morgan fingerprint density at radius 1 is 1.44 bits per heavy atom. The van der Waals surface area contributed by atoms with Crippen molar-refractivity contribution in [2.45, 2.75) is 26.0 Å². The van der Waals surface area contributed by atoms with Gasteiger partial charge in [-0.15, -0.1) is 0 Å². The first-order valence-electron chi connectivity index (χ1n) is 6.35. The molecule has 0 saturated carbocycles. The van der Waals surface area contributed by atoms with Crippen LogP contribution in [0.4, 0.5) is 0 Å². The Labute approximate surface area is 107 Å². The number of nitrogens with zero attached hydrogens (tertiary/aromatic N) is 1. The highest BCUT2D eigenvalue weighted by molar-refractivity contribution is 5.87. The number of carbonyl (C=O) groups is 1. The van der Waals surface area contributed by atoms with Gasteiger partial charge in [-0.05, 0) is 24.1 Å². The van der Waals surface area contributed by atoms with Crippen LogP contribution in [0.2, 0.25) is 0 Å². The van der Waals surface area contributed by atoms with E-state index in [9.17, 15) is 4.79 Å². The number of aromatic carboxylic acids is 1. The molecule has 1 aliphatic heterocycles. The summed E-state index contributed by atoms with van der Waals surface area (Å²) in [5.74, 6) is -0.876. The van der Waals surface area contributed by atoms with Crippen LogP contribution in [-0.2, 0) is 11.3 Å². The summed E-state index contributed by atoms with van der Waals surface area (Å²) in [7, 11) is 0. The van der Waals surface area contributed by atoms with Crippen LogP contribution in [0.1, 0.15) is 29.3 Å². The van der Waals surface area contributed by atoms with Gasteiger partial charge in [-0.3, -0.25) is 4.90 Å². The first-order valence-corrected chi connectivity index (χ1v) is 6.35. The van der Waals surface area contributed by atoms with Gasteiger partial charge in [-0.2, -0.15) is 0 Å². The second kappa shape index (κ2) is 5.98. The molecule has 1 atom stereocenters. The van der Waals surface area contributed by atoms with Crippen LogP contribution in [0, 0.1) is 0 Å². The van der Waals surface area contributed by atoms with Crippen molar-refractivity contribution in [3.63, 3.8) is 0 Å². The fraction of sp³-hybridized carbons (Fsp3) is 0.500. The first-order chi connectivity index (χ1) is 8.69. The summed E-state index contributed by atoms with van der Waals surface area (Å²) in [4.78, 5) is 13.1. The van der Waals surface area contributed by atoms with Crippen molar-refractivity contribution in [2.24, 2.45) is 0 Å². The monoisotopic (exact) mass is 249 g/mol. The van der Waals surface area contributed by atoms with E-state index < -0.39 is 5.97 Å². The van der Waals surface area contributed by atoms with Crippen LogP contribution >= 0.6 is 0 Å². The molecule has 98 valence electrons. The van der Waals surface area contributed by atoms with Crippen LogP contribution in [0.15, 0.2) is 24.3 Å². The van der Waals surface area contributed by atoms with E-state index >= 15 is 0 Å². The van der Waals surface area contributed by atoms with Gasteiger partial charge >= 0.3 is 5.97 Å². The molecule has 4 heteroatoms. The van der Waals surface area contributed by atoms with Gasteiger partial charge in [0.2, 0.25) is 0 Å². The molecule has 1 saturated heterocycles. The van der Waals surface area contributed by atoms with Crippen LogP contribution in [0.5, 0.6) is 0 Å². The minimum atomic E-state index is -0.876. The number of ether oxygens (including phenoxy) is 1. The molecule has 0 amide bonds. The molecule has 0 aliphatic carbocycles. The SMILES string of the molecule is CCC1CN(Cc2ccc(C(=O)O)cc2)CCO1. The maximum Gasteiger partial charge on any atom is 0.335 e. The van der Waals surface area contributed by atoms with Crippen molar-refractivity contribution >= 4 is 5.97 Å². The summed E-state index contributed by atoms with van der Waals surface area (Å²) in [5, 5.41) is 8.84. The zero-order valence-corrected chi connectivity index (χ0v) is 10.6. The van der Waals surface area contributed by atoms with E-state index in [0.29, 0.717) is 11.7 Å². The molecule has 1 N–H and O–H groups in total.